The lowest BCUT2D eigenvalue weighted by Crippen LogP contribution is -2.17. The number of benzene rings is 3. The average molecular weight is 522 g/mol. The third-order valence-corrected chi connectivity index (χ3v) is 5.53. The van der Waals surface area contributed by atoms with Gasteiger partial charge in [-0.25, -0.2) is 5.43 Å². The van der Waals surface area contributed by atoms with Crippen LogP contribution in [0.15, 0.2) is 59.7 Å². The largest absolute Gasteiger partial charge is 0.494 e. The summed E-state index contributed by atoms with van der Waals surface area (Å²) in [4.78, 5) is 12.3. The molecule has 0 radical (unpaired) electrons. The van der Waals surface area contributed by atoms with Gasteiger partial charge in [0, 0.05) is 5.56 Å². The van der Waals surface area contributed by atoms with E-state index in [2.05, 4.69) is 10.5 Å². The summed E-state index contributed by atoms with van der Waals surface area (Å²) < 4.78 is 17.0. The van der Waals surface area contributed by atoms with E-state index in [4.69, 9.17) is 49.0 Å². The number of carbonyl (C=O) groups is 1. The Bertz CT molecular complexity index is 1170. The summed E-state index contributed by atoms with van der Waals surface area (Å²) in [6.45, 7) is 4.94. The van der Waals surface area contributed by atoms with Crippen molar-refractivity contribution in [3.8, 4) is 17.2 Å². The summed E-state index contributed by atoms with van der Waals surface area (Å²) in [5.74, 6) is 1.19. The Labute approximate surface area is 213 Å². The molecule has 0 aromatic heterocycles. The first-order valence-electron chi connectivity index (χ1n) is 10.5. The van der Waals surface area contributed by atoms with E-state index in [0.29, 0.717) is 56.7 Å². The van der Waals surface area contributed by atoms with Gasteiger partial charge >= 0.3 is 0 Å². The second-order valence-electron chi connectivity index (χ2n) is 6.96. The lowest BCUT2D eigenvalue weighted by molar-refractivity contribution is 0.0955. The maximum absolute atomic E-state index is 12.3. The molecule has 3 rings (SSSR count). The van der Waals surface area contributed by atoms with E-state index in [1.165, 1.54) is 6.21 Å². The van der Waals surface area contributed by atoms with E-state index in [-0.39, 0.29) is 12.5 Å². The molecule has 0 aliphatic carbocycles. The van der Waals surface area contributed by atoms with Gasteiger partial charge in [-0.05, 0) is 73.5 Å². The molecule has 0 fully saturated rings. The van der Waals surface area contributed by atoms with E-state index in [9.17, 15) is 4.79 Å². The topological polar surface area (TPSA) is 69.2 Å². The number of hydrogen-bond donors (Lipinski definition) is 1. The van der Waals surface area contributed by atoms with Gasteiger partial charge < -0.3 is 14.2 Å². The number of hydrazone groups is 1. The molecule has 0 spiro atoms. The first kappa shape index (κ1) is 25.7. The normalized spacial score (nSPS) is 10.9. The van der Waals surface area contributed by atoms with E-state index in [1.54, 1.807) is 48.5 Å². The number of rotatable bonds is 10. The minimum Gasteiger partial charge on any atom is -0.494 e. The predicted octanol–water partition coefficient (Wildman–Crippen LogP) is 6.79. The van der Waals surface area contributed by atoms with Gasteiger partial charge in [0.1, 0.15) is 12.4 Å². The minimum absolute atomic E-state index is 0.224. The molecule has 9 heteroatoms. The van der Waals surface area contributed by atoms with Crippen LogP contribution in [-0.4, -0.2) is 25.3 Å². The number of nitrogens with zero attached hydrogens (tertiary/aromatic N) is 1. The highest BCUT2D eigenvalue weighted by Gasteiger charge is 2.13. The van der Waals surface area contributed by atoms with Gasteiger partial charge in [0.2, 0.25) is 0 Å². The third kappa shape index (κ3) is 7.03. The van der Waals surface area contributed by atoms with Crippen LogP contribution in [0.4, 0.5) is 0 Å². The van der Waals surface area contributed by atoms with Crippen molar-refractivity contribution in [2.45, 2.75) is 20.5 Å². The lowest BCUT2D eigenvalue weighted by atomic mass is 10.2. The van der Waals surface area contributed by atoms with E-state index in [0.717, 1.165) is 5.56 Å². The smallest absolute Gasteiger partial charge is 0.271 e. The van der Waals surface area contributed by atoms with Crippen molar-refractivity contribution in [3.63, 3.8) is 0 Å². The fourth-order valence-electron chi connectivity index (χ4n) is 2.95. The summed E-state index contributed by atoms with van der Waals surface area (Å²) in [7, 11) is 0. The number of amides is 1. The number of hydrogen-bond acceptors (Lipinski definition) is 5. The Morgan fingerprint density at radius 2 is 1.62 bits per heavy atom. The van der Waals surface area contributed by atoms with Crippen LogP contribution in [-0.2, 0) is 6.61 Å². The van der Waals surface area contributed by atoms with Crippen molar-refractivity contribution >= 4 is 46.9 Å². The fourth-order valence-corrected chi connectivity index (χ4v) is 3.54. The third-order valence-electron chi connectivity index (χ3n) is 4.51. The Morgan fingerprint density at radius 3 is 2.29 bits per heavy atom. The van der Waals surface area contributed by atoms with Crippen LogP contribution < -0.4 is 19.6 Å². The number of ether oxygens (including phenoxy) is 3. The molecular weight excluding hydrogens is 499 g/mol. The molecule has 1 amide bonds. The molecule has 0 unspecified atom stereocenters. The van der Waals surface area contributed by atoms with Gasteiger partial charge in [0.05, 0.1) is 34.5 Å². The molecule has 0 atom stereocenters. The minimum atomic E-state index is -0.350. The van der Waals surface area contributed by atoms with Crippen molar-refractivity contribution in [1.29, 1.82) is 0 Å². The molecule has 6 nitrogen and oxygen atoms in total. The molecule has 0 saturated heterocycles. The van der Waals surface area contributed by atoms with Crippen molar-refractivity contribution in [2.24, 2.45) is 5.10 Å². The summed E-state index contributed by atoms with van der Waals surface area (Å²) in [5, 5.41) is 5.27. The second-order valence-corrected chi connectivity index (χ2v) is 8.18. The Balaban J connectivity index is 1.69. The highest BCUT2D eigenvalue weighted by molar-refractivity contribution is 6.42. The van der Waals surface area contributed by atoms with Crippen LogP contribution in [0.3, 0.4) is 0 Å². The Kier molecular flexibility index (Phi) is 9.45. The fraction of sp³-hybridized carbons (Fsp3) is 0.200. The van der Waals surface area contributed by atoms with Crippen molar-refractivity contribution in [3.05, 3.63) is 86.4 Å². The predicted molar refractivity (Wildman–Crippen MR) is 136 cm³/mol. The summed E-state index contributed by atoms with van der Waals surface area (Å²) >= 11 is 18.5. The molecule has 178 valence electrons. The van der Waals surface area contributed by atoms with E-state index >= 15 is 0 Å². The highest BCUT2D eigenvalue weighted by atomic mass is 35.5. The SMILES string of the molecule is CCOc1ccc(C(=O)N/N=C/c2cc(Cl)c(OCc3ccc(Cl)c(Cl)c3)c(OCC)c2)cc1. The van der Waals surface area contributed by atoms with Crippen LogP contribution >= 0.6 is 34.8 Å². The molecule has 0 heterocycles. The summed E-state index contributed by atoms with van der Waals surface area (Å²) in [6, 6.07) is 15.4. The van der Waals surface area contributed by atoms with Crippen molar-refractivity contribution in [2.75, 3.05) is 13.2 Å². The molecule has 3 aromatic carbocycles. The first-order chi connectivity index (χ1) is 16.4. The Morgan fingerprint density at radius 1 is 0.882 bits per heavy atom. The zero-order valence-corrected chi connectivity index (χ0v) is 20.9. The standard InChI is InChI=1S/C25H23Cl3N2O4/c1-3-32-19-8-6-18(7-9-19)25(31)30-29-14-17-12-22(28)24(23(13-17)33-4-2)34-15-16-5-10-20(26)21(27)11-16/h5-14H,3-4,15H2,1-2H3,(H,30,31)/b29-14+. The first-order valence-corrected chi connectivity index (χ1v) is 11.6. The summed E-state index contributed by atoms with van der Waals surface area (Å²) in [6.07, 6.45) is 1.48. The van der Waals surface area contributed by atoms with Crippen LogP contribution in [0.1, 0.15) is 35.3 Å². The van der Waals surface area contributed by atoms with Gasteiger partial charge in [0.25, 0.3) is 5.91 Å². The van der Waals surface area contributed by atoms with Crippen LogP contribution in [0.25, 0.3) is 0 Å². The average Bonchev–Trinajstić information content (AvgIpc) is 2.81. The van der Waals surface area contributed by atoms with Crippen LogP contribution in [0, 0.1) is 0 Å². The molecule has 0 bridgehead atoms. The zero-order valence-electron chi connectivity index (χ0n) is 18.6. The maximum Gasteiger partial charge on any atom is 0.271 e. The van der Waals surface area contributed by atoms with E-state index < -0.39 is 0 Å². The molecule has 1 N–H and O–H groups in total. The Hall–Kier alpha value is -2.93. The highest BCUT2D eigenvalue weighted by Crippen LogP contribution is 2.37. The number of halogens is 3. The summed E-state index contributed by atoms with van der Waals surface area (Å²) in [5.41, 5.74) is 4.41. The number of carbonyl (C=O) groups excluding carboxylic acids is 1. The molecule has 34 heavy (non-hydrogen) atoms. The van der Waals surface area contributed by atoms with Crippen LogP contribution in [0.5, 0.6) is 17.2 Å². The van der Waals surface area contributed by atoms with Crippen molar-refractivity contribution < 1.29 is 19.0 Å². The van der Waals surface area contributed by atoms with Crippen LogP contribution in [0.2, 0.25) is 15.1 Å². The molecule has 0 saturated carbocycles. The quantitative estimate of drug-likeness (QED) is 0.236. The zero-order chi connectivity index (χ0) is 24.5. The molecule has 0 aliphatic heterocycles. The van der Waals surface area contributed by atoms with Gasteiger partial charge in [-0.1, -0.05) is 40.9 Å². The monoisotopic (exact) mass is 520 g/mol. The molecular formula is C25H23Cl3N2O4. The lowest BCUT2D eigenvalue weighted by Gasteiger charge is -2.14. The second kappa shape index (κ2) is 12.5. The van der Waals surface area contributed by atoms with Gasteiger partial charge in [-0.15, -0.1) is 0 Å². The van der Waals surface area contributed by atoms with Gasteiger partial charge in [0.15, 0.2) is 11.5 Å². The van der Waals surface area contributed by atoms with Gasteiger partial charge in [-0.3, -0.25) is 4.79 Å². The molecule has 3 aromatic rings. The maximum atomic E-state index is 12.3. The number of nitrogens with one attached hydrogen (secondary N) is 1. The van der Waals surface area contributed by atoms with E-state index in [1.807, 2.05) is 19.9 Å². The molecule has 0 aliphatic rings. The van der Waals surface area contributed by atoms with Gasteiger partial charge in [-0.2, -0.15) is 5.10 Å². The van der Waals surface area contributed by atoms with Crippen molar-refractivity contribution in [1.82, 2.24) is 5.43 Å².